The highest BCUT2D eigenvalue weighted by Gasteiger charge is 2.32. The van der Waals surface area contributed by atoms with Crippen LogP contribution in [0.25, 0.3) is 0 Å². The number of hydrogen-bond acceptors (Lipinski definition) is 5. The Morgan fingerprint density at radius 2 is 2.11 bits per heavy atom. The van der Waals surface area contributed by atoms with Gasteiger partial charge >= 0.3 is 5.97 Å². The third-order valence-electron chi connectivity index (χ3n) is 3.44. The number of aromatic nitrogens is 3. The molecule has 0 aliphatic carbocycles. The quantitative estimate of drug-likeness (QED) is 0.745. The Morgan fingerprint density at radius 3 is 2.58 bits per heavy atom. The molecule has 0 aliphatic heterocycles. The molecule has 1 aromatic heterocycles. The third kappa shape index (κ3) is 3.53. The van der Waals surface area contributed by atoms with Gasteiger partial charge in [-0.25, -0.2) is 9.67 Å². The Kier molecular flexibility index (Phi) is 5.47. The second kappa shape index (κ2) is 6.65. The molecule has 108 valence electrons. The summed E-state index contributed by atoms with van der Waals surface area (Å²) in [6.07, 6.45) is 2.26. The van der Waals surface area contributed by atoms with Crippen LogP contribution in [0.3, 0.4) is 0 Å². The topological polar surface area (TPSA) is 69.0 Å². The predicted molar refractivity (Wildman–Crippen MR) is 72.9 cm³/mol. The van der Waals surface area contributed by atoms with Gasteiger partial charge in [0.05, 0.1) is 7.11 Å². The Hall–Kier alpha value is -1.43. The van der Waals surface area contributed by atoms with Crippen LogP contribution in [-0.4, -0.2) is 40.4 Å². The molecule has 1 rings (SSSR count). The Bertz CT molecular complexity index is 430. The summed E-state index contributed by atoms with van der Waals surface area (Å²) in [5.41, 5.74) is -0.696. The lowest BCUT2D eigenvalue weighted by atomic mass is 9.98. The van der Waals surface area contributed by atoms with Crippen molar-refractivity contribution in [1.29, 1.82) is 0 Å². The highest BCUT2D eigenvalue weighted by atomic mass is 16.5. The van der Waals surface area contributed by atoms with Crippen molar-refractivity contribution >= 4 is 5.97 Å². The van der Waals surface area contributed by atoms with Crippen LogP contribution < -0.4 is 5.32 Å². The van der Waals surface area contributed by atoms with Crippen molar-refractivity contribution in [2.75, 3.05) is 14.2 Å². The normalized spacial score (nSPS) is 14.2. The lowest BCUT2D eigenvalue weighted by Crippen LogP contribution is -2.49. The van der Waals surface area contributed by atoms with Crippen molar-refractivity contribution in [2.45, 2.75) is 52.1 Å². The standard InChI is InChI=1S/C13H24N4O2/c1-6-10-15-11(7-2)17(16-10)9-8-13(3,14-4)12(18)19-5/h14H,6-9H2,1-5H3. The summed E-state index contributed by atoms with van der Waals surface area (Å²) >= 11 is 0. The molecule has 6 nitrogen and oxygen atoms in total. The van der Waals surface area contributed by atoms with Gasteiger partial charge in [-0.15, -0.1) is 0 Å². The maximum atomic E-state index is 11.8. The number of aryl methyl sites for hydroxylation is 3. The van der Waals surface area contributed by atoms with E-state index in [-0.39, 0.29) is 5.97 Å². The largest absolute Gasteiger partial charge is 0.468 e. The molecule has 1 unspecified atom stereocenters. The molecule has 0 aliphatic rings. The van der Waals surface area contributed by atoms with Crippen LogP contribution in [0.4, 0.5) is 0 Å². The average Bonchev–Trinajstić information content (AvgIpc) is 2.86. The molecule has 0 amide bonds. The number of likely N-dealkylation sites (N-methyl/N-ethyl adjacent to an activating group) is 1. The van der Waals surface area contributed by atoms with Gasteiger partial charge in [-0.3, -0.25) is 4.79 Å². The smallest absolute Gasteiger partial charge is 0.325 e. The van der Waals surface area contributed by atoms with E-state index in [4.69, 9.17) is 4.74 Å². The van der Waals surface area contributed by atoms with E-state index in [1.165, 1.54) is 7.11 Å². The number of esters is 1. The molecule has 1 aromatic rings. The number of nitrogens with one attached hydrogen (secondary N) is 1. The van der Waals surface area contributed by atoms with Gasteiger partial charge in [0.25, 0.3) is 0 Å². The Morgan fingerprint density at radius 1 is 1.42 bits per heavy atom. The van der Waals surface area contributed by atoms with Crippen molar-refractivity contribution < 1.29 is 9.53 Å². The van der Waals surface area contributed by atoms with E-state index in [0.29, 0.717) is 13.0 Å². The molecular formula is C13H24N4O2. The molecule has 1 heterocycles. The monoisotopic (exact) mass is 268 g/mol. The maximum absolute atomic E-state index is 11.8. The van der Waals surface area contributed by atoms with E-state index >= 15 is 0 Å². The van der Waals surface area contributed by atoms with Crippen LogP contribution in [0.1, 0.15) is 38.8 Å². The SMILES string of the molecule is CCc1nc(CC)n(CCC(C)(NC)C(=O)OC)n1. The van der Waals surface area contributed by atoms with Crippen molar-refractivity contribution in [3.8, 4) is 0 Å². The Balaban J connectivity index is 2.79. The number of carbonyl (C=O) groups is 1. The minimum Gasteiger partial charge on any atom is -0.468 e. The van der Waals surface area contributed by atoms with Crippen LogP contribution in [-0.2, 0) is 28.9 Å². The first-order chi connectivity index (χ1) is 9.00. The van der Waals surface area contributed by atoms with E-state index in [0.717, 1.165) is 24.5 Å². The fourth-order valence-corrected chi connectivity index (χ4v) is 1.90. The highest BCUT2D eigenvalue weighted by molar-refractivity contribution is 5.80. The van der Waals surface area contributed by atoms with Gasteiger partial charge in [0, 0.05) is 19.4 Å². The van der Waals surface area contributed by atoms with E-state index in [9.17, 15) is 4.79 Å². The zero-order valence-electron chi connectivity index (χ0n) is 12.5. The molecule has 0 bridgehead atoms. The number of carbonyl (C=O) groups excluding carboxylic acids is 1. The molecule has 0 fully saturated rings. The van der Waals surface area contributed by atoms with Gasteiger partial charge in [-0.2, -0.15) is 5.10 Å². The fraction of sp³-hybridized carbons (Fsp3) is 0.769. The van der Waals surface area contributed by atoms with Gasteiger partial charge in [0.2, 0.25) is 0 Å². The molecule has 6 heteroatoms. The zero-order valence-corrected chi connectivity index (χ0v) is 12.5. The van der Waals surface area contributed by atoms with Crippen LogP contribution in [0, 0.1) is 0 Å². The van der Waals surface area contributed by atoms with Crippen molar-refractivity contribution in [3.05, 3.63) is 11.6 Å². The summed E-state index contributed by atoms with van der Waals surface area (Å²) in [5, 5.41) is 7.47. The van der Waals surface area contributed by atoms with Gasteiger partial charge in [-0.05, 0) is 20.4 Å². The van der Waals surface area contributed by atoms with E-state index < -0.39 is 5.54 Å². The molecular weight excluding hydrogens is 244 g/mol. The van der Waals surface area contributed by atoms with Crippen LogP contribution in [0.2, 0.25) is 0 Å². The number of ether oxygens (including phenoxy) is 1. The first-order valence-corrected chi connectivity index (χ1v) is 6.70. The van der Waals surface area contributed by atoms with Crippen LogP contribution in [0.15, 0.2) is 0 Å². The Labute approximate surface area is 114 Å². The number of rotatable bonds is 7. The van der Waals surface area contributed by atoms with Crippen LogP contribution in [0.5, 0.6) is 0 Å². The van der Waals surface area contributed by atoms with Crippen molar-refractivity contribution in [3.63, 3.8) is 0 Å². The molecule has 0 saturated carbocycles. The molecule has 19 heavy (non-hydrogen) atoms. The minimum atomic E-state index is -0.696. The molecule has 0 radical (unpaired) electrons. The summed E-state index contributed by atoms with van der Waals surface area (Å²) in [4.78, 5) is 16.2. The van der Waals surface area contributed by atoms with Crippen molar-refractivity contribution in [2.24, 2.45) is 0 Å². The van der Waals surface area contributed by atoms with Gasteiger partial charge in [0.1, 0.15) is 11.4 Å². The second-order valence-corrected chi connectivity index (χ2v) is 4.70. The molecule has 1 atom stereocenters. The van der Waals surface area contributed by atoms with E-state index in [1.54, 1.807) is 7.05 Å². The van der Waals surface area contributed by atoms with Gasteiger partial charge in [-0.1, -0.05) is 13.8 Å². The first-order valence-electron chi connectivity index (χ1n) is 6.70. The van der Waals surface area contributed by atoms with Crippen molar-refractivity contribution in [1.82, 2.24) is 20.1 Å². The van der Waals surface area contributed by atoms with Gasteiger partial charge in [0.15, 0.2) is 5.82 Å². The number of nitrogens with zero attached hydrogens (tertiary/aromatic N) is 3. The first kappa shape index (κ1) is 15.6. The molecule has 0 saturated heterocycles. The predicted octanol–water partition coefficient (Wildman–Crippen LogP) is 0.944. The average molecular weight is 268 g/mol. The molecule has 0 aromatic carbocycles. The maximum Gasteiger partial charge on any atom is 0.325 e. The lowest BCUT2D eigenvalue weighted by Gasteiger charge is -2.26. The number of hydrogen-bond donors (Lipinski definition) is 1. The lowest BCUT2D eigenvalue weighted by molar-refractivity contribution is -0.148. The summed E-state index contributed by atoms with van der Waals surface area (Å²) in [5.74, 6) is 1.55. The summed E-state index contributed by atoms with van der Waals surface area (Å²) < 4.78 is 6.72. The highest BCUT2D eigenvalue weighted by Crippen LogP contribution is 2.13. The summed E-state index contributed by atoms with van der Waals surface area (Å²) in [7, 11) is 3.16. The van der Waals surface area contributed by atoms with E-state index in [1.807, 2.05) is 18.5 Å². The third-order valence-corrected chi connectivity index (χ3v) is 3.44. The summed E-state index contributed by atoms with van der Waals surface area (Å²) in [6, 6.07) is 0. The van der Waals surface area contributed by atoms with Gasteiger partial charge < -0.3 is 10.1 Å². The zero-order chi connectivity index (χ0) is 14.5. The molecule has 1 N–H and O–H groups in total. The fourth-order valence-electron chi connectivity index (χ4n) is 1.90. The van der Waals surface area contributed by atoms with E-state index in [2.05, 4.69) is 22.3 Å². The summed E-state index contributed by atoms with van der Waals surface area (Å²) in [6.45, 7) is 6.56. The minimum absolute atomic E-state index is 0.260. The molecule has 0 spiro atoms. The second-order valence-electron chi connectivity index (χ2n) is 4.70. The number of methoxy groups -OCH3 is 1. The van der Waals surface area contributed by atoms with Crippen LogP contribution >= 0.6 is 0 Å².